The van der Waals surface area contributed by atoms with Gasteiger partial charge in [-0.2, -0.15) is 9.61 Å². The number of hydrogen-bond acceptors (Lipinski definition) is 7. The number of piperidine rings is 1. The zero-order valence-electron chi connectivity index (χ0n) is 28.5. The van der Waals surface area contributed by atoms with Crippen LogP contribution in [0, 0.1) is 18.6 Å². The Morgan fingerprint density at radius 3 is 2.54 bits per heavy atom. The third-order valence-corrected chi connectivity index (χ3v) is 9.16. The van der Waals surface area contributed by atoms with E-state index in [0.717, 1.165) is 32.1 Å². The Hall–Kier alpha value is -4.09. The summed E-state index contributed by atoms with van der Waals surface area (Å²) < 4.78 is 50.5. The van der Waals surface area contributed by atoms with E-state index in [1.54, 1.807) is 23.6 Å². The number of aromatic nitrogens is 3. The summed E-state index contributed by atoms with van der Waals surface area (Å²) in [7, 11) is 0. The fraction of sp³-hybridized carbons (Fsp3) is 0.486. The summed E-state index contributed by atoms with van der Waals surface area (Å²) in [5, 5.41) is 15.4. The van der Waals surface area contributed by atoms with Crippen LogP contribution in [0.2, 0.25) is 0 Å². The summed E-state index contributed by atoms with van der Waals surface area (Å²) in [6, 6.07) is 10.6. The van der Waals surface area contributed by atoms with Crippen molar-refractivity contribution >= 4 is 17.4 Å². The van der Waals surface area contributed by atoms with Gasteiger partial charge in [0, 0.05) is 54.2 Å². The SMILES string of the molecule is Cc1nc2cc3nn2c(c1[C@H](OC(C)(C)C)C(=O)O)N1CCC(C)(CC1)OCCCC[C@H](C)Oc1cc(F)ccc1-c1cc-3ccc1F. The van der Waals surface area contributed by atoms with Gasteiger partial charge in [0.1, 0.15) is 23.2 Å². The van der Waals surface area contributed by atoms with Gasteiger partial charge in [-0.25, -0.2) is 18.6 Å². The van der Waals surface area contributed by atoms with E-state index >= 15 is 4.39 Å². The molecule has 2 aromatic carbocycles. The molecule has 0 radical (unpaired) electrons. The van der Waals surface area contributed by atoms with Crippen LogP contribution in [0.4, 0.5) is 14.6 Å². The van der Waals surface area contributed by atoms with Crippen molar-refractivity contribution < 1.29 is 32.9 Å². The molecule has 0 amide bonds. The van der Waals surface area contributed by atoms with Crippen LogP contribution in [0.5, 0.6) is 5.75 Å². The lowest BCUT2D eigenvalue weighted by atomic mass is 9.92. The number of hydrogen-bond donors (Lipinski definition) is 1. The van der Waals surface area contributed by atoms with E-state index in [2.05, 4.69) is 11.8 Å². The van der Waals surface area contributed by atoms with Crippen LogP contribution in [-0.4, -0.2) is 62.7 Å². The van der Waals surface area contributed by atoms with Crippen LogP contribution in [-0.2, 0) is 14.3 Å². The third kappa shape index (κ3) is 7.03. The minimum atomic E-state index is -1.30. The number of nitrogens with zero attached hydrogens (tertiary/aromatic N) is 4. The summed E-state index contributed by atoms with van der Waals surface area (Å²) >= 11 is 0. The normalized spacial score (nSPS) is 21.2. The van der Waals surface area contributed by atoms with Gasteiger partial charge < -0.3 is 24.2 Å². The van der Waals surface area contributed by atoms with Crippen LogP contribution in [0.25, 0.3) is 28.0 Å². The zero-order valence-corrected chi connectivity index (χ0v) is 28.5. The van der Waals surface area contributed by atoms with Crippen molar-refractivity contribution in [1.29, 1.82) is 0 Å². The molecule has 9 nitrogen and oxygen atoms in total. The number of rotatable bonds is 3. The highest BCUT2D eigenvalue weighted by molar-refractivity contribution is 5.80. The molecule has 4 aromatic rings. The number of aliphatic carboxylic acids is 1. The topological polar surface area (TPSA) is 98.4 Å². The number of carboxylic acid groups (broad SMARTS) is 1. The van der Waals surface area contributed by atoms with E-state index in [4.69, 9.17) is 24.3 Å². The molecule has 0 saturated carbocycles. The van der Waals surface area contributed by atoms with Gasteiger partial charge in [0.15, 0.2) is 11.8 Å². The van der Waals surface area contributed by atoms with Gasteiger partial charge in [-0.05, 0) is 104 Å². The summed E-state index contributed by atoms with van der Waals surface area (Å²) in [6.07, 6.45) is 2.34. The molecule has 1 N–H and O–H groups in total. The molecule has 48 heavy (non-hydrogen) atoms. The van der Waals surface area contributed by atoms with Crippen LogP contribution in [0.1, 0.15) is 84.1 Å². The van der Waals surface area contributed by atoms with Gasteiger partial charge in [0.2, 0.25) is 0 Å². The highest BCUT2D eigenvalue weighted by atomic mass is 19.1. The first-order valence-corrected chi connectivity index (χ1v) is 16.7. The summed E-state index contributed by atoms with van der Waals surface area (Å²) in [4.78, 5) is 19.8. The lowest BCUT2D eigenvalue weighted by Crippen LogP contribution is -2.46. The van der Waals surface area contributed by atoms with Crippen molar-refractivity contribution in [2.75, 3.05) is 24.6 Å². The Labute approximate surface area is 279 Å². The van der Waals surface area contributed by atoms with E-state index in [1.807, 2.05) is 33.8 Å². The smallest absolute Gasteiger partial charge is 0.337 e. The largest absolute Gasteiger partial charge is 0.490 e. The van der Waals surface area contributed by atoms with Gasteiger partial charge in [0.25, 0.3) is 0 Å². The second-order valence-corrected chi connectivity index (χ2v) is 14.2. The third-order valence-electron chi connectivity index (χ3n) is 9.16. The number of carboxylic acids is 1. The molecule has 0 unspecified atom stereocenters. The van der Waals surface area contributed by atoms with Crippen LogP contribution >= 0.6 is 0 Å². The van der Waals surface area contributed by atoms with Crippen molar-refractivity contribution in [2.45, 2.75) is 97.1 Å². The standard InChI is InChI=1S/C37H44F2N4O5/c1-22-9-7-8-18-46-37(6)14-16-42(17-15-37)34-32(33(35(44)45)48-36(3,4)5)23(2)40-31-21-29(41-43(31)34)24-10-13-28(39)27(19-24)26-12-11-25(38)20-30(26)47-22/h10-13,19-22,33H,7-9,14-18H2,1-6H3,(H,44,45)/t22-,33-/m0/s1. The number of aryl methyl sites for hydroxylation is 1. The molecule has 2 atom stereocenters. The molecule has 3 aliphatic rings. The van der Waals surface area contributed by atoms with Crippen LogP contribution in [0.15, 0.2) is 42.5 Å². The van der Waals surface area contributed by atoms with E-state index in [1.165, 1.54) is 24.3 Å². The lowest BCUT2D eigenvalue weighted by Gasteiger charge is -2.41. The quantitative estimate of drug-likeness (QED) is 0.236. The fourth-order valence-electron chi connectivity index (χ4n) is 6.62. The molecule has 256 valence electrons. The zero-order chi connectivity index (χ0) is 34.4. The Morgan fingerprint density at radius 2 is 1.83 bits per heavy atom. The number of fused-ring (bicyclic) bond motifs is 8. The molecule has 0 spiro atoms. The molecular weight excluding hydrogens is 618 g/mol. The second-order valence-electron chi connectivity index (χ2n) is 14.2. The number of halogens is 2. The molecule has 5 heterocycles. The fourth-order valence-corrected chi connectivity index (χ4v) is 6.62. The molecule has 7 rings (SSSR count). The number of anilines is 1. The highest BCUT2D eigenvalue weighted by Gasteiger charge is 2.38. The summed E-state index contributed by atoms with van der Waals surface area (Å²) in [6.45, 7) is 13.1. The Balaban J connectivity index is 1.55. The van der Waals surface area contributed by atoms with Crippen molar-refractivity contribution in [3.63, 3.8) is 0 Å². The predicted octanol–water partition coefficient (Wildman–Crippen LogP) is 7.92. The molecule has 11 heteroatoms. The van der Waals surface area contributed by atoms with Crippen molar-refractivity contribution in [2.24, 2.45) is 0 Å². The molecular formula is C37H44F2N4O5. The maximum Gasteiger partial charge on any atom is 0.337 e. The van der Waals surface area contributed by atoms with Gasteiger partial charge >= 0.3 is 5.97 Å². The van der Waals surface area contributed by atoms with Crippen LogP contribution < -0.4 is 9.64 Å². The molecule has 0 aliphatic carbocycles. The van der Waals surface area contributed by atoms with E-state index in [-0.39, 0.29) is 23.0 Å². The van der Waals surface area contributed by atoms with E-state index < -0.39 is 29.3 Å². The maximum absolute atomic E-state index is 15.5. The maximum atomic E-state index is 15.5. The average Bonchev–Trinajstić information content (AvgIpc) is 3.43. The Kier molecular flexibility index (Phi) is 9.21. The molecule has 1 fully saturated rings. The Bertz CT molecular complexity index is 1830. The van der Waals surface area contributed by atoms with Crippen molar-refractivity contribution in [3.05, 3.63) is 65.4 Å². The van der Waals surface area contributed by atoms with Gasteiger partial charge in [0.05, 0.1) is 28.6 Å². The van der Waals surface area contributed by atoms with Crippen LogP contribution in [0.3, 0.4) is 0 Å². The predicted molar refractivity (Wildman–Crippen MR) is 179 cm³/mol. The van der Waals surface area contributed by atoms with E-state index in [9.17, 15) is 14.3 Å². The van der Waals surface area contributed by atoms with Crippen molar-refractivity contribution in [1.82, 2.24) is 14.6 Å². The van der Waals surface area contributed by atoms with E-state index in [0.29, 0.717) is 59.2 Å². The number of ether oxygens (including phenoxy) is 3. The first-order chi connectivity index (χ1) is 22.7. The monoisotopic (exact) mass is 662 g/mol. The van der Waals surface area contributed by atoms with Gasteiger partial charge in [-0.3, -0.25) is 0 Å². The molecule has 6 bridgehead atoms. The van der Waals surface area contributed by atoms with Gasteiger partial charge in [-0.15, -0.1) is 0 Å². The minimum Gasteiger partial charge on any atom is -0.490 e. The number of carbonyl (C=O) groups is 1. The highest BCUT2D eigenvalue weighted by Crippen LogP contribution is 2.40. The first-order valence-electron chi connectivity index (χ1n) is 16.7. The first kappa shape index (κ1) is 33.8. The average molecular weight is 663 g/mol. The second kappa shape index (κ2) is 13.1. The molecule has 1 saturated heterocycles. The Morgan fingerprint density at radius 1 is 1.08 bits per heavy atom. The minimum absolute atomic E-state index is 0.224. The number of benzene rings is 2. The van der Waals surface area contributed by atoms with Gasteiger partial charge in [-0.1, -0.05) is 0 Å². The molecule has 2 aromatic heterocycles. The summed E-state index contributed by atoms with van der Waals surface area (Å²) in [5.74, 6) is -1.21. The van der Waals surface area contributed by atoms with Crippen molar-refractivity contribution in [3.8, 4) is 28.1 Å². The lowest BCUT2D eigenvalue weighted by molar-refractivity contribution is -0.160. The molecule has 3 aliphatic heterocycles. The summed E-state index contributed by atoms with van der Waals surface area (Å²) in [5.41, 5.74) is 2.19.